The van der Waals surface area contributed by atoms with Crippen LogP contribution in [0.3, 0.4) is 0 Å². The highest BCUT2D eigenvalue weighted by Gasteiger charge is 2.16. The van der Waals surface area contributed by atoms with E-state index in [0.29, 0.717) is 0 Å². The third-order valence-electron chi connectivity index (χ3n) is 1.77. The quantitative estimate of drug-likeness (QED) is 0.592. The molecule has 0 aromatic rings. The zero-order valence-electron chi connectivity index (χ0n) is 10.8. The Bertz CT molecular complexity index is 397. The molecular formula is C10H20N2O5S. The van der Waals surface area contributed by atoms with Gasteiger partial charge >= 0.3 is 5.97 Å². The Hall–Kier alpha value is -1.15. The zero-order valence-corrected chi connectivity index (χ0v) is 11.6. The predicted molar refractivity (Wildman–Crippen MR) is 66.6 cm³/mol. The number of rotatable bonds is 7. The topological polar surface area (TPSA) is 113 Å². The minimum atomic E-state index is -3.60. The van der Waals surface area contributed by atoms with E-state index in [1.807, 2.05) is 0 Å². The standard InChI is InChI=1S/C10H20N2O5S/c1-10(2,3)12-8(13)7-11-18(16,17)6-4-5-9(14)15/h11H,4-7H2,1-3H3,(H,12,13)(H,14,15). The van der Waals surface area contributed by atoms with Crippen molar-refractivity contribution < 1.29 is 23.1 Å². The number of carboxylic acid groups (broad SMARTS) is 1. The van der Waals surface area contributed by atoms with Gasteiger partial charge in [-0.2, -0.15) is 0 Å². The number of hydrogen-bond acceptors (Lipinski definition) is 4. The smallest absolute Gasteiger partial charge is 0.303 e. The Balaban J connectivity index is 4.04. The Kier molecular flexibility index (Phi) is 6.27. The molecule has 0 bridgehead atoms. The fraction of sp³-hybridized carbons (Fsp3) is 0.800. The van der Waals surface area contributed by atoms with Gasteiger partial charge in [-0.3, -0.25) is 9.59 Å². The van der Waals surface area contributed by atoms with Crippen molar-refractivity contribution >= 4 is 21.9 Å². The van der Waals surface area contributed by atoms with Crippen molar-refractivity contribution in [2.24, 2.45) is 0 Å². The molecule has 0 aromatic heterocycles. The third-order valence-corrected chi connectivity index (χ3v) is 3.18. The Morgan fingerprint density at radius 3 is 2.22 bits per heavy atom. The molecule has 0 heterocycles. The lowest BCUT2D eigenvalue weighted by atomic mass is 10.1. The SMILES string of the molecule is CC(C)(C)NC(=O)CNS(=O)(=O)CCCC(=O)O. The van der Waals surface area contributed by atoms with Crippen molar-refractivity contribution in [2.45, 2.75) is 39.2 Å². The fourth-order valence-electron chi connectivity index (χ4n) is 1.12. The van der Waals surface area contributed by atoms with E-state index in [4.69, 9.17) is 5.11 Å². The van der Waals surface area contributed by atoms with Crippen molar-refractivity contribution in [1.29, 1.82) is 0 Å². The minimum Gasteiger partial charge on any atom is -0.481 e. The van der Waals surface area contributed by atoms with Crippen LogP contribution in [0.2, 0.25) is 0 Å². The van der Waals surface area contributed by atoms with Crippen LogP contribution >= 0.6 is 0 Å². The van der Waals surface area contributed by atoms with E-state index in [1.165, 1.54) is 0 Å². The molecule has 18 heavy (non-hydrogen) atoms. The van der Waals surface area contributed by atoms with Crippen molar-refractivity contribution in [3.8, 4) is 0 Å². The van der Waals surface area contributed by atoms with Gasteiger partial charge in [-0.05, 0) is 27.2 Å². The largest absolute Gasteiger partial charge is 0.481 e. The highest BCUT2D eigenvalue weighted by molar-refractivity contribution is 7.89. The van der Waals surface area contributed by atoms with E-state index in [9.17, 15) is 18.0 Å². The molecular weight excluding hydrogens is 260 g/mol. The number of carbonyl (C=O) groups excluding carboxylic acids is 1. The summed E-state index contributed by atoms with van der Waals surface area (Å²) in [5, 5.41) is 11.0. The molecule has 3 N–H and O–H groups in total. The first-order valence-corrected chi connectivity index (χ1v) is 7.17. The highest BCUT2D eigenvalue weighted by atomic mass is 32.2. The molecule has 106 valence electrons. The number of carbonyl (C=O) groups is 2. The first kappa shape index (κ1) is 16.9. The summed E-state index contributed by atoms with van der Waals surface area (Å²) in [6.07, 6.45) is -0.194. The van der Waals surface area contributed by atoms with Crippen molar-refractivity contribution in [1.82, 2.24) is 10.0 Å². The molecule has 1 amide bonds. The average Bonchev–Trinajstić information content (AvgIpc) is 2.11. The van der Waals surface area contributed by atoms with Crippen LogP contribution in [0, 0.1) is 0 Å². The summed E-state index contributed by atoms with van der Waals surface area (Å²) in [5.41, 5.74) is -0.425. The van der Waals surface area contributed by atoms with E-state index in [0.717, 1.165) is 0 Å². The lowest BCUT2D eigenvalue weighted by molar-refractivity contribution is -0.137. The maximum atomic E-state index is 11.4. The van der Waals surface area contributed by atoms with Gasteiger partial charge in [-0.25, -0.2) is 13.1 Å². The zero-order chi connectivity index (χ0) is 14.4. The van der Waals surface area contributed by atoms with Crippen molar-refractivity contribution in [2.75, 3.05) is 12.3 Å². The summed E-state index contributed by atoms with van der Waals surface area (Å²) >= 11 is 0. The molecule has 0 aliphatic rings. The van der Waals surface area contributed by atoms with Gasteiger partial charge in [0.1, 0.15) is 0 Å². The van der Waals surface area contributed by atoms with Crippen LogP contribution in [0.15, 0.2) is 0 Å². The molecule has 0 rings (SSSR count). The summed E-state index contributed by atoms with van der Waals surface area (Å²) in [4.78, 5) is 21.6. The maximum Gasteiger partial charge on any atom is 0.303 e. The summed E-state index contributed by atoms with van der Waals surface area (Å²) in [7, 11) is -3.60. The van der Waals surface area contributed by atoms with Gasteiger partial charge in [0.2, 0.25) is 15.9 Å². The van der Waals surface area contributed by atoms with Gasteiger partial charge in [0.15, 0.2) is 0 Å². The molecule has 0 unspecified atom stereocenters. The predicted octanol–water partition coefficient (Wildman–Crippen LogP) is -0.315. The van der Waals surface area contributed by atoms with Gasteiger partial charge in [-0.15, -0.1) is 0 Å². The monoisotopic (exact) mass is 280 g/mol. The number of aliphatic carboxylic acids is 1. The molecule has 0 atom stereocenters. The van der Waals surface area contributed by atoms with Crippen LogP contribution in [0.25, 0.3) is 0 Å². The molecule has 7 nitrogen and oxygen atoms in total. The Labute approximate surface area is 107 Å². The first-order chi connectivity index (χ1) is 8.02. The molecule has 0 saturated heterocycles. The van der Waals surface area contributed by atoms with Crippen LogP contribution in [0.1, 0.15) is 33.6 Å². The molecule has 0 aliphatic carbocycles. The molecule has 8 heteroatoms. The van der Waals surface area contributed by atoms with Gasteiger partial charge < -0.3 is 10.4 Å². The van der Waals surface area contributed by atoms with E-state index in [2.05, 4.69) is 10.0 Å². The minimum absolute atomic E-state index is 0.0194. The summed E-state index contributed by atoms with van der Waals surface area (Å²) in [5.74, 6) is -1.78. The Morgan fingerprint density at radius 1 is 1.22 bits per heavy atom. The van der Waals surface area contributed by atoms with E-state index < -0.39 is 27.4 Å². The Morgan fingerprint density at radius 2 is 1.78 bits per heavy atom. The average molecular weight is 280 g/mol. The summed E-state index contributed by atoms with van der Waals surface area (Å²) in [6, 6.07) is 0. The van der Waals surface area contributed by atoms with Crippen LogP contribution in [-0.4, -0.2) is 43.2 Å². The lowest BCUT2D eigenvalue weighted by Gasteiger charge is -2.20. The van der Waals surface area contributed by atoms with Gasteiger partial charge in [0, 0.05) is 12.0 Å². The number of hydrogen-bond donors (Lipinski definition) is 3. The van der Waals surface area contributed by atoms with Crippen LogP contribution in [-0.2, 0) is 19.6 Å². The van der Waals surface area contributed by atoms with E-state index >= 15 is 0 Å². The second-order valence-corrected chi connectivity index (χ2v) is 6.86. The fourth-order valence-corrected chi connectivity index (χ4v) is 2.14. The van der Waals surface area contributed by atoms with Crippen LogP contribution in [0.5, 0.6) is 0 Å². The normalized spacial score (nSPS) is 12.2. The van der Waals surface area contributed by atoms with Crippen molar-refractivity contribution in [3.05, 3.63) is 0 Å². The van der Waals surface area contributed by atoms with Crippen LogP contribution in [0.4, 0.5) is 0 Å². The molecule has 0 radical (unpaired) electrons. The van der Waals surface area contributed by atoms with E-state index in [-0.39, 0.29) is 25.1 Å². The number of nitrogens with one attached hydrogen (secondary N) is 2. The summed E-state index contributed by atoms with van der Waals surface area (Å²) < 4.78 is 24.9. The molecule has 0 spiro atoms. The van der Waals surface area contributed by atoms with Gasteiger partial charge in [-0.1, -0.05) is 0 Å². The van der Waals surface area contributed by atoms with E-state index in [1.54, 1.807) is 20.8 Å². The molecule has 0 aromatic carbocycles. The van der Waals surface area contributed by atoms with Crippen LogP contribution < -0.4 is 10.0 Å². The van der Waals surface area contributed by atoms with Gasteiger partial charge in [0.05, 0.1) is 12.3 Å². The third kappa shape index (κ3) is 10.0. The maximum absolute atomic E-state index is 11.4. The molecule has 0 fully saturated rings. The lowest BCUT2D eigenvalue weighted by Crippen LogP contribution is -2.46. The first-order valence-electron chi connectivity index (χ1n) is 5.52. The molecule has 0 saturated carbocycles. The number of carboxylic acids is 1. The second-order valence-electron chi connectivity index (χ2n) is 4.94. The number of amides is 1. The highest BCUT2D eigenvalue weighted by Crippen LogP contribution is 1.98. The van der Waals surface area contributed by atoms with Crippen molar-refractivity contribution in [3.63, 3.8) is 0 Å². The molecule has 0 aliphatic heterocycles. The second kappa shape index (κ2) is 6.69. The summed E-state index contributed by atoms with van der Waals surface area (Å²) in [6.45, 7) is 5.01. The number of sulfonamides is 1. The van der Waals surface area contributed by atoms with Gasteiger partial charge in [0.25, 0.3) is 0 Å².